The fraction of sp³-hybridized carbons (Fsp3) is 0. The van der Waals surface area contributed by atoms with E-state index in [1.165, 1.54) is 12.1 Å². The molecule has 0 aromatic heterocycles. The monoisotopic (exact) mass is 386 g/mol. The van der Waals surface area contributed by atoms with Crippen LogP contribution in [-0.2, 0) is 0 Å². The van der Waals surface area contributed by atoms with E-state index in [9.17, 15) is 9.18 Å². The van der Waals surface area contributed by atoms with Crippen LogP contribution in [0.5, 0.6) is 0 Å². The van der Waals surface area contributed by atoms with Crippen LogP contribution in [0.1, 0.15) is 10.4 Å². The predicted octanol–water partition coefficient (Wildman–Crippen LogP) is 4.19. The van der Waals surface area contributed by atoms with Gasteiger partial charge in [0.2, 0.25) is 0 Å². The Morgan fingerprint density at radius 2 is 1.84 bits per heavy atom. The minimum atomic E-state index is -0.483. The molecule has 3 N–H and O–H groups in total. The van der Waals surface area contributed by atoms with Gasteiger partial charge >= 0.3 is 0 Å². The summed E-state index contributed by atoms with van der Waals surface area (Å²) in [7, 11) is 0. The zero-order valence-electron chi connectivity index (χ0n) is 9.58. The molecule has 19 heavy (non-hydrogen) atoms. The third-order valence-corrected chi connectivity index (χ3v) is 3.34. The number of nitrogens with two attached hydrogens (primary N) is 1. The summed E-state index contributed by atoms with van der Waals surface area (Å²) in [6.07, 6.45) is 0. The van der Waals surface area contributed by atoms with Crippen molar-refractivity contribution >= 4 is 49.1 Å². The zero-order valence-corrected chi connectivity index (χ0v) is 12.8. The number of hydrogen-bond acceptors (Lipinski definition) is 2. The molecule has 0 radical (unpaired) electrons. The van der Waals surface area contributed by atoms with E-state index in [4.69, 9.17) is 5.73 Å². The number of nitrogen functional groups attached to an aromatic ring is 1. The van der Waals surface area contributed by atoms with E-state index in [2.05, 4.69) is 37.2 Å². The van der Waals surface area contributed by atoms with Gasteiger partial charge in [-0.1, -0.05) is 31.9 Å². The summed E-state index contributed by atoms with van der Waals surface area (Å²) in [5.74, 6) is -0.905. The van der Waals surface area contributed by atoms with Crippen LogP contribution in [0.15, 0.2) is 45.3 Å². The van der Waals surface area contributed by atoms with E-state index < -0.39 is 11.7 Å². The first-order valence-corrected chi connectivity index (χ1v) is 6.87. The highest BCUT2D eigenvalue weighted by Crippen LogP contribution is 2.24. The van der Waals surface area contributed by atoms with Crippen molar-refractivity contribution in [1.82, 2.24) is 0 Å². The summed E-state index contributed by atoms with van der Waals surface area (Å²) in [6.45, 7) is 0. The lowest BCUT2D eigenvalue weighted by Gasteiger charge is -2.09. The first-order valence-electron chi connectivity index (χ1n) is 5.28. The van der Waals surface area contributed by atoms with Crippen molar-refractivity contribution in [3.63, 3.8) is 0 Å². The summed E-state index contributed by atoms with van der Waals surface area (Å²) in [5.41, 5.74) is 6.91. The molecule has 0 saturated carbocycles. The van der Waals surface area contributed by atoms with Crippen LogP contribution in [0, 0.1) is 5.82 Å². The van der Waals surface area contributed by atoms with Crippen LogP contribution in [0.25, 0.3) is 0 Å². The van der Waals surface area contributed by atoms with Gasteiger partial charge in [0.1, 0.15) is 5.82 Å². The predicted molar refractivity (Wildman–Crippen MR) is 80.6 cm³/mol. The largest absolute Gasteiger partial charge is 0.397 e. The fourth-order valence-electron chi connectivity index (χ4n) is 1.53. The van der Waals surface area contributed by atoms with Gasteiger partial charge in [-0.3, -0.25) is 4.79 Å². The van der Waals surface area contributed by atoms with Gasteiger partial charge in [-0.05, 0) is 36.4 Å². The average Bonchev–Trinajstić information content (AvgIpc) is 2.31. The summed E-state index contributed by atoms with van der Waals surface area (Å²) >= 11 is 6.42. The van der Waals surface area contributed by atoms with Gasteiger partial charge in [0.25, 0.3) is 5.91 Å². The number of benzene rings is 2. The molecular weight excluding hydrogens is 379 g/mol. The van der Waals surface area contributed by atoms with Crippen molar-refractivity contribution in [3.05, 3.63) is 56.7 Å². The summed E-state index contributed by atoms with van der Waals surface area (Å²) < 4.78 is 14.5. The molecule has 0 fully saturated rings. The van der Waals surface area contributed by atoms with Crippen LogP contribution in [0.4, 0.5) is 15.8 Å². The smallest absolute Gasteiger partial charge is 0.255 e. The Labute approximate surface area is 126 Å². The molecule has 2 rings (SSSR count). The second kappa shape index (κ2) is 5.71. The van der Waals surface area contributed by atoms with Gasteiger partial charge in [0.05, 0.1) is 11.4 Å². The van der Waals surface area contributed by atoms with E-state index >= 15 is 0 Å². The molecule has 0 aliphatic carbocycles. The number of anilines is 2. The molecule has 0 bridgehead atoms. The maximum Gasteiger partial charge on any atom is 0.255 e. The van der Waals surface area contributed by atoms with Crippen molar-refractivity contribution < 1.29 is 9.18 Å². The molecule has 0 heterocycles. The SMILES string of the molecule is Nc1cc(Br)ccc1NC(=O)c1cc(F)cc(Br)c1. The highest BCUT2D eigenvalue weighted by atomic mass is 79.9. The summed E-state index contributed by atoms with van der Waals surface area (Å²) in [5, 5.41) is 2.64. The average molecular weight is 388 g/mol. The van der Waals surface area contributed by atoms with Gasteiger partial charge in [0.15, 0.2) is 0 Å². The maximum absolute atomic E-state index is 13.2. The molecule has 2 aromatic rings. The summed E-state index contributed by atoms with van der Waals surface area (Å²) in [6, 6.07) is 9.09. The van der Waals surface area contributed by atoms with Crippen LogP contribution in [0.3, 0.4) is 0 Å². The van der Waals surface area contributed by atoms with Gasteiger partial charge in [-0.2, -0.15) is 0 Å². The molecule has 0 atom stereocenters. The Hall–Kier alpha value is -1.40. The third-order valence-electron chi connectivity index (χ3n) is 2.39. The fourth-order valence-corrected chi connectivity index (χ4v) is 2.37. The second-order valence-corrected chi connectivity index (χ2v) is 5.68. The molecule has 0 unspecified atom stereocenters. The van der Waals surface area contributed by atoms with E-state index in [1.807, 2.05) is 0 Å². The highest BCUT2D eigenvalue weighted by molar-refractivity contribution is 9.10. The third kappa shape index (κ3) is 3.54. The number of rotatable bonds is 2. The van der Waals surface area contributed by atoms with Crippen molar-refractivity contribution in [2.24, 2.45) is 0 Å². The zero-order chi connectivity index (χ0) is 14.0. The molecular formula is C13H9Br2FN2O. The first-order chi connectivity index (χ1) is 8.95. The van der Waals surface area contributed by atoms with Crippen LogP contribution in [0.2, 0.25) is 0 Å². The number of carbonyl (C=O) groups is 1. The number of nitrogens with one attached hydrogen (secondary N) is 1. The number of amides is 1. The van der Waals surface area contributed by atoms with Gasteiger partial charge in [-0.15, -0.1) is 0 Å². The Morgan fingerprint density at radius 3 is 2.47 bits per heavy atom. The molecule has 0 aliphatic rings. The van der Waals surface area contributed by atoms with E-state index in [-0.39, 0.29) is 5.56 Å². The summed E-state index contributed by atoms with van der Waals surface area (Å²) in [4.78, 5) is 12.0. The van der Waals surface area contributed by atoms with Crippen molar-refractivity contribution in [1.29, 1.82) is 0 Å². The van der Waals surface area contributed by atoms with E-state index in [0.29, 0.717) is 15.8 Å². The lowest BCUT2D eigenvalue weighted by Crippen LogP contribution is -2.13. The Bertz CT molecular complexity index is 626. The lowest BCUT2D eigenvalue weighted by atomic mass is 10.2. The van der Waals surface area contributed by atoms with E-state index in [0.717, 1.165) is 10.5 Å². The standard InChI is InChI=1S/C13H9Br2FN2O/c14-8-1-2-12(11(17)6-8)18-13(19)7-3-9(15)5-10(16)4-7/h1-6H,17H2,(H,18,19). The quantitative estimate of drug-likeness (QED) is 0.759. The van der Waals surface area contributed by atoms with Crippen molar-refractivity contribution in [2.75, 3.05) is 11.1 Å². The molecule has 0 saturated heterocycles. The molecule has 6 heteroatoms. The van der Waals surface area contributed by atoms with Gasteiger partial charge in [-0.25, -0.2) is 4.39 Å². The maximum atomic E-state index is 13.2. The second-order valence-electron chi connectivity index (χ2n) is 3.84. The Morgan fingerprint density at radius 1 is 1.11 bits per heavy atom. The number of carbonyl (C=O) groups excluding carboxylic acids is 1. The lowest BCUT2D eigenvalue weighted by molar-refractivity contribution is 0.102. The highest BCUT2D eigenvalue weighted by Gasteiger charge is 2.10. The first kappa shape index (κ1) is 14.0. The van der Waals surface area contributed by atoms with Crippen LogP contribution >= 0.6 is 31.9 Å². The normalized spacial score (nSPS) is 10.3. The number of hydrogen-bond donors (Lipinski definition) is 2. The molecule has 2 aromatic carbocycles. The molecule has 1 amide bonds. The molecule has 98 valence electrons. The Balaban J connectivity index is 2.25. The van der Waals surface area contributed by atoms with E-state index in [1.54, 1.807) is 18.2 Å². The number of halogens is 3. The minimum Gasteiger partial charge on any atom is -0.397 e. The van der Waals surface area contributed by atoms with Crippen LogP contribution in [-0.4, -0.2) is 5.91 Å². The molecule has 3 nitrogen and oxygen atoms in total. The van der Waals surface area contributed by atoms with Gasteiger partial charge in [0, 0.05) is 14.5 Å². The van der Waals surface area contributed by atoms with Crippen LogP contribution < -0.4 is 11.1 Å². The molecule has 0 aliphatic heterocycles. The Kier molecular flexibility index (Phi) is 4.21. The topological polar surface area (TPSA) is 55.1 Å². The van der Waals surface area contributed by atoms with Gasteiger partial charge < -0.3 is 11.1 Å². The van der Waals surface area contributed by atoms with Crippen molar-refractivity contribution in [2.45, 2.75) is 0 Å². The van der Waals surface area contributed by atoms with Crippen molar-refractivity contribution in [3.8, 4) is 0 Å². The molecule has 0 spiro atoms. The minimum absolute atomic E-state index is 0.217.